The van der Waals surface area contributed by atoms with Crippen molar-refractivity contribution in [3.63, 3.8) is 0 Å². The van der Waals surface area contributed by atoms with E-state index in [9.17, 15) is 0 Å². The van der Waals surface area contributed by atoms with E-state index >= 15 is 0 Å². The summed E-state index contributed by atoms with van der Waals surface area (Å²) in [5, 5.41) is 3.72. The molecule has 15 heavy (non-hydrogen) atoms. The fraction of sp³-hybridized carbons (Fsp3) is 1.00. The molecule has 1 N–H and O–H groups in total. The molecule has 0 atom stereocenters. The molecule has 2 rings (SSSR count). The Bertz CT molecular complexity index is 209. The van der Waals surface area contributed by atoms with Gasteiger partial charge in [-0.15, -0.1) is 11.8 Å². The van der Waals surface area contributed by atoms with Crippen LogP contribution in [-0.4, -0.2) is 17.2 Å². The van der Waals surface area contributed by atoms with Gasteiger partial charge < -0.3 is 5.32 Å². The van der Waals surface area contributed by atoms with Crippen molar-refractivity contribution < 1.29 is 0 Å². The Labute approximate surface area is 98.8 Å². The van der Waals surface area contributed by atoms with E-state index in [0.717, 1.165) is 5.92 Å². The minimum absolute atomic E-state index is 0.486. The topological polar surface area (TPSA) is 12.0 Å². The summed E-state index contributed by atoms with van der Waals surface area (Å²) >= 11 is 2.17. The van der Waals surface area contributed by atoms with Crippen molar-refractivity contribution in [1.82, 2.24) is 5.32 Å². The van der Waals surface area contributed by atoms with Gasteiger partial charge in [-0.05, 0) is 37.0 Å². The van der Waals surface area contributed by atoms with Gasteiger partial charge in [-0.3, -0.25) is 0 Å². The second-order valence-corrected chi connectivity index (χ2v) is 7.36. The Morgan fingerprint density at radius 2 is 2.00 bits per heavy atom. The molecular formula is C13H25NS. The molecule has 2 aliphatic rings. The van der Waals surface area contributed by atoms with E-state index in [0.29, 0.717) is 10.3 Å². The van der Waals surface area contributed by atoms with Crippen LogP contribution in [0.2, 0.25) is 0 Å². The Morgan fingerprint density at radius 3 is 2.47 bits per heavy atom. The van der Waals surface area contributed by atoms with E-state index in [1.165, 1.54) is 44.4 Å². The monoisotopic (exact) mass is 227 g/mol. The fourth-order valence-corrected chi connectivity index (χ4v) is 4.38. The van der Waals surface area contributed by atoms with Crippen molar-refractivity contribution in [3.8, 4) is 0 Å². The normalized spacial score (nSPS) is 37.4. The lowest BCUT2D eigenvalue weighted by Gasteiger charge is -2.43. The summed E-state index contributed by atoms with van der Waals surface area (Å²) in [7, 11) is 0. The van der Waals surface area contributed by atoms with Gasteiger partial charge in [-0.2, -0.15) is 0 Å². The summed E-state index contributed by atoms with van der Waals surface area (Å²) in [6, 6.07) is 0. The van der Waals surface area contributed by atoms with Crippen LogP contribution in [0.4, 0.5) is 0 Å². The number of nitrogens with one attached hydrogen (secondary N) is 1. The predicted molar refractivity (Wildman–Crippen MR) is 69.2 cm³/mol. The zero-order valence-corrected chi connectivity index (χ0v) is 11.3. The molecular weight excluding hydrogens is 202 g/mol. The van der Waals surface area contributed by atoms with Crippen molar-refractivity contribution in [2.24, 2.45) is 11.3 Å². The highest BCUT2D eigenvalue weighted by atomic mass is 32.2. The minimum atomic E-state index is 0.486. The molecule has 1 saturated carbocycles. The van der Waals surface area contributed by atoms with Crippen LogP contribution in [0.25, 0.3) is 0 Å². The van der Waals surface area contributed by atoms with E-state index < -0.39 is 0 Å². The molecule has 1 saturated heterocycles. The van der Waals surface area contributed by atoms with E-state index in [4.69, 9.17) is 0 Å². The first-order chi connectivity index (χ1) is 7.08. The zero-order chi connectivity index (χ0) is 10.9. The summed E-state index contributed by atoms with van der Waals surface area (Å²) in [6.07, 6.45) is 6.98. The van der Waals surface area contributed by atoms with Gasteiger partial charge in [-0.1, -0.05) is 27.2 Å². The molecule has 1 nitrogen and oxygen atoms in total. The van der Waals surface area contributed by atoms with Crippen LogP contribution in [0.15, 0.2) is 0 Å². The van der Waals surface area contributed by atoms with E-state index in [-0.39, 0.29) is 0 Å². The number of hydrogen-bond acceptors (Lipinski definition) is 2. The maximum absolute atomic E-state index is 3.72. The molecule has 0 aromatic rings. The number of rotatable bonds is 2. The van der Waals surface area contributed by atoms with Gasteiger partial charge in [0.2, 0.25) is 0 Å². The molecule has 0 unspecified atom stereocenters. The Kier molecular flexibility index (Phi) is 3.37. The van der Waals surface area contributed by atoms with Gasteiger partial charge in [0.15, 0.2) is 0 Å². The zero-order valence-electron chi connectivity index (χ0n) is 10.4. The highest BCUT2D eigenvalue weighted by Gasteiger charge is 2.41. The number of hydrogen-bond donors (Lipinski definition) is 1. The molecule has 1 spiro atoms. The second kappa shape index (κ2) is 4.29. The Hall–Kier alpha value is 0.310. The summed E-state index contributed by atoms with van der Waals surface area (Å²) in [5.41, 5.74) is 0.560. The van der Waals surface area contributed by atoms with Gasteiger partial charge in [-0.25, -0.2) is 0 Å². The maximum Gasteiger partial charge on any atom is 0.0646 e. The third-order valence-corrected chi connectivity index (χ3v) is 6.25. The summed E-state index contributed by atoms with van der Waals surface area (Å²) in [6.45, 7) is 8.47. The lowest BCUT2D eigenvalue weighted by molar-refractivity contribution is 0.131. The van der Waals surface area contributed by atoms with Gasteiger partial charge >= 0.3 is 0 Å². The summed E-state index contributed by atoms with van der Waals surface area (Å²) in [4.78, 5) is 0.486. The first-order valence-corrected chi connectivity index (χ1v) is 7.45. The van der Waals surface area contributed by atoms with Gasteiger partial charge in [0.05, 0.1) is 4.87 Å². The Balaban J connectivity index is 1.91. The predicted octanol–water partition coefficient (Wildman–Crippen LogP) is 3.65. The minimum Gasteiger partial charge on any atom is -0.302 e. The highest BCUT2D eigenvalue weighted by Crippen LogP contribution is 2.48. The molecule has 2 heteroatoms. The molecule has 1 aliphatic heterocycles. The van der Waals surface area contributed by atoms with Crippen LogP contribution in [0, 0.1) is 11.3 Å². The summed E-state index contributed by atoms with van der Waals surface area (Å²) < 4.78 is 0. The third kappa shape index (κ3) is 2.36. The van der Waals surface area contributed by atoms with Gasteiger partial charge in [0, 0.05) is 12.3 Å². The average Bonchev–Trinajstić information content (AvgIpc) is 2.67. The highest BCUT2D eigenvalue weighted by molar-refractivity contribution is 8.00. The molecule has 0 bridgehead atoms. The van der Waals surface area contributed by atoms with Crippen molar-refractivity contribution in [1.29, 1.82) is 0 Å². The summed E-state index contributed by atoms with van der Waals surface area (Å²) in [5.74, 6) is 2.28. The molecule has 0 amide bonds. The first-order valence-electron chi connectivity index (χ1n) is 6.47. The van der Waals surface area contributed by atoms with Crippen molar-refractivity contribution >= 4 is 11.8 Å². The SMILES string of the molecule is CCC(C)(C)C1CCC2(CC1)NCCS2. The lowest BCUT2D eigenvalue weighted by atomic mass is 9.68. The van der Waals surface area contributed by atoms with E-state index in [2.05, 4.69) is 37.8 Å². The molecule has 1 aliphatic carbocycles. The van der Waals surface area contributed by atoms with Crippen molar-refractivity contribution in [2.45, 2.75) is 57.7 Å². The average molecular weight is 227 g/mol. The molecule has 2 fully saturated rings. The van der Waals surface area contributed by atoms with Crippen molar-refractivity contribution in [2.75, 3.05) is 12.3 Å². The molecule has 1 heterocycles. The number of thioether (sulfide) groups is 1. The van der Waals surface area contributed by atoms with Crippen LogP contribution in [0.5, 0.6) is 0 Å². The van der Waals surface area contributed by atoms with Crippen LogP contribution in [0.3, 0.4) is 0 Å². The van der Waals surface area contributed by atoms with Crippen LogP contribution in [-0.2, 0) is 0 Å². The van der Waals surface area contributed by atoms with Crippen LogP contribution in [0.1, 0.15) is 52.9 Å². The molecule has 0 aromatic carbocycles. The van der Waals surface area contributed by atoms with Crippen molar-refractivity contribution in [3.05, 3.63) is 0 Å². The Morgan fingerprint density at radius 1 is 1.33 bits per heavy atom. The maximum atomic E-state index is 3.72. The lowest BCUT2D eigenvalue weighted by Crippen LogP contribution is -2.43. The van der Waals surface area contributed by atoms with Gasteiger partial charge in [0.25, 0.3) is 0 Å². The first kappa shape index (κ1) is 11.8. The van der Waals surface area contributed by atoms with Crippen LogP contribution >= 0.6 is 11.8 Å². The molecule has 88 valence electrons. The van der Waals surface area contributed by atoms with E-state index in [1.807, 2.05) is 0 Å². The second-order valence-electron chi connectivity index (χ2n) is 5.89. The largest absolute Gasteiger partial charge is 0.302 e. The smallest absolute Gasteiger partial charge is 0.0646 e. The molecule has 0 aromatic heterocycles. The third-order valence-electron chi connectivity index (χ3n) is 4.74. The van der Waals surface area contributed by atoms with Gasteiger partial charge in [0.1, 0.15) is 0 Å². The fourth-order valence-electron chi connectivity index (χ4n) is 3.05. The van der Waals surface area contributed by atoms with E-state index in [1.54, 1.807) is 0 Å². The standard InChI is InChI=1S/C13H25NS/c1-4-12(2,3)11-5-7-13(8-6-11)14-9-10-15-13/h11,14H,4-10H2,1-3H3. The molecule has 0 radical (unpaired) electrons. The quantitative estimate of drug-likeness (QED) is 0.773. The van der Waals surface area contributed by atoms with Crippen LogP contribution < -0.4 is 5.32 Å².